The molecule has 5 amide bonds. The van der Waals surface area contributed by atoms with E-state index in [1.54, 1.807) is 12.1 Å². The van der Waals surface area contributed by atoms with E-state index in [2.05, 4.69) is 16.0 Å². The molecule has 2 aliphatic rings. The Balaban J connectivity index is 1.15. The number of methoxy groups -OCH3 is 1. The molecule has 12 nitrogen and oxygen atoms in total. The molecule has 1 fully saturated rings. The molecule has 2 aliphatic heterocycles. The van der Waals surface area contributed by atoms with Crippen LogP contribution in [0.15, 0.2) is 36.4 Å². The third-order valence-corrected chi connectivity index (χ3v) is 6.35. The van der Waals surface area contributed by atoms with E-state index in [9.17, 15) is 28.4 Å². The molecule has 1 unspecified atom stereocenters. The largest absolute Gasteiger partial charge is 0.497 e. The van der Waals surface area contributed by atoms with Crippen molar-refractivity contribution in [1.82, 2.24) is 15.5 Å². The van der Waals surface area contributed by atoms with Gasteiger partial charge in [-0.2, -0.15) is 0 Å². The van der Waals surface area contributed by atoms with Gasteiger partial charge in [0.15, 0.2) is 0 Å². The molecule has 0 aliphatic carbocycles. The SMILES string of the molecule is COc1ccc(F)c(C(=O)NCCOCCOCCNc2cccc3c2C(=O)N(C2CCC(=O)NC2=O)C3=O)c1. The van der Waals surface area contributed by atoms with Crippen LogP contribution in [0.3, 0.4) is 0 Å². The van der Waals surface area contributed by atoms with Gasteiger partial charge < -0.3 is 24.8 Å². The number of hydrogen-bond acceptors (Lipinski definition) is 9. The standard InChI is InChI=1S/C27H29FN4O8/c1-38-16-5-6-19(28)18(15-16)24(34)30-10-12-40-14-13-39-11-9-29-20-4-2-3-17-23(20)27(37)32(26(17)36)21-7-8-22(33)31-25(21)35/h2-6,15,21,29H,7-14H2,1H3,(H,30,34)(H,31,33,35). The second kappa shape index (κ2) is 13.1. The zero-order valence-electron chi connectivity index (χ0n) is 21.8. The number of carbonyl (C=O) groups excluding carboxylic acids is 5. The normalized spacial score (nSPS) is 16.6. The Labute approximate surface area is 229 Å². The number of halogens is 1. The molecule has 2 aromatic carbocycles. The zero-order chi connectivity index (χ0) is 28.6. The van der Waals surface area contributed by atoms with Crippen molar-refractivity contribution in [2.75, 3.05) is 51.9 Å². The summed E-state index contributed by atoms with van der Waals surface area (Å²) in [5.41, 5.74) is 0.689. The van der Waals surface area contributed by atoms with Gasteiger partial charge in [0, 0.05) is 25.2 Å². The van der Waals surface area contributed by atoms with E-state index in [-0.39, 0.29) is 62.5 Å². The summed E-state index contributed by atoms with van der Waals surface area (Å²) in [5.74, 6) is -3.10. The van der Waals surface area contributed by atoms with Gasteiger partial charge >= 0.3 is 0 Å². The summed E-state index contributed by atoms with van der Waals surface area (Å²) in [5, 5.41) is 7.83. The van der Waals surface area contributed by atoms with Crippen LogP contribution in [0, 0.1) is 5.82 Å². The Morgan fingerprint density at radius 1 is 1.02 bits per heavy atom. The van der Waals surface area contributed by atoms with Crippen LogP contribution in [-0.2, 0) is 19.1 Å². The fraction of sp³-hybridized carbons (Fsp3) is 0.370. The van der Waals surface area contributed by atoms with Crippen molar-refractivity contribution in [3.8, 4) is 5.75 Å². The zero-order valence-corrected chi connectivity index (χ0v) is 21.8. The van der Waals surface area contributed by atoms with E-state index in [1.807, 2.05) is 0 Å². The van der Waals surface area contributed by atoms with Crippen molar-refractivity contribution in [2.24, 2.45) is 0 Å². The number of nitrogens with zero attached hydrogens (tertiary/aromatic N) is 1. The number of anilines is 1. The molecule has 1 atom stereocenters. The Hall–Kier alpha value is -4.36. The highest BCUT2D eigenvalue weighted by atomic mass is 19.1. The maximum atomic E-state index is 13.8. The van der Waals surface area contributed by atoms with Crippen molar-refractivity contribution < 1.29 is 42.6 Å². The summed E-state index contributed by atoms with van der Waals surface area (Å²) >= 11 is 0. The second-order valence-electron chi connectivity index (χ2n) is 8.93. The van der Waals surface area contributed by atoms with Gasteiger partial charge in [-0.15, -0.1) is 0 Å². The minimum Gasteiger partial charge on any atom is -0.497 e. The highest BCUT2D eigenvalue weighted by Gasteiger charge is 2.45. The topological polar surface area (TPSA) is 152 Å². The first-order chi connectivity index (χ1) is 19.3. The summed E-state index contributed by atoms with van der Waals surface area (Å²) < 4.78 is 29.8. The lowest BCUT2D eigenvalue weighted by molar-refractivity contribution is -0.136. The number of ether oxygens (including phenoxy) is 3. The molecule has 0 bridgehead atoms. The van der Waals surface area contributed by atoms with E-state index in [0.717, 1.165) is 11.0 Å². The first-order valence-corrected chi connectivity index (χ1v) is 12.7. The van der Waals surface area contributed by atoms with E-state index in [4.69, 9.17) is 14.2 Å². The maximum absolute atomic E-state index is 13.8. The molecule has 13 heteroatoms. The number of rotatable bonds is 13. The maximum Gasteiger partial charge on any atom is 0.264 e. The predicted molar refractivity (Wildman–Crippen MR) is 139 cm³/mol. The fourth-order valence-corrected chi connectivity index (χ4v) is 4.38. The van der Waals surface area contributed by atoms with Crippen LogP contribution in [0.5, 0.6) is 5.75 Å². The fourth-order valence-electron chi connectivity index (χ4n) is 4.38. The number of piperidine rings is 1. The molecule has 0 radical (unpaired) electrons. The molecular formula is C27H29FN4O8. The van der Waals surface area contributed by atoms with Gasteiger partial charge in [0.2, 0.25) is 11.8 Å². The molecule has 2 aromatic rings. The number of amides is 5. The summed E-state index contributed by atoms with van der Waals surface area (Å²) in [6, 6.07) is 7.70. The molecule has 0 aromatic heterocycles. The molecule has 4 rings (SSSR count). The Morgan fingerprint density at radius 3 is 2.50 bits per heavy atom. The second-order valence-corrected chi connectivity index (χ2v) is 8.93. The lowest BCUT2D eigenvalue weighted by atomic mass is 10.0. The van der Waals surface area contributed by atoms with Crippen LogP contribution in [-0.4, -0.2) is 87.1 Å². The predicted octanol–water partition coefficient (Wildman–Crippen LogP) is 1.11. The minimum absolute atomic E-state index is 0.0495. The molecule has 40 heavy (non-hydrogen) atoms. The van der Waals surface area contributed by atoms with Crippen LogP contribution in [0.2, 0.25) is 0 Å². The quantitative estimate of drug-likeness (QED) is 0.243. The highest BCUT2D eigenvalue weighted by Crippen LogP contribution is 2.32. The first-order valence-electron chi connectivity index (χ1n) is 12.7. The number of nitrogens with one attached hydrogen (secondary N) is 3. The highest BCUT2D eigenvalue weighted by molar-refractivity contribution is 6.25. The lowest BCUT2D eigenvalue weighted by Crippen LogP contribution is -2.54. The van der Waals surface area contributed by atoms with Gasteiger partial charge in [0.1, 0.15) is 17.6 Å². The van der Waals surface area contributed by atoms with E-state index >= 15 is 0 Å². The first kappa shape index (κ1) is 28.6. The molecule has 2 heterocycles. The van der Waals surface area contributed by atoms with E-state index in [0.29, 0.717) is 18.0 Å². The average molecular weight is 557 g/mol. The number of fused-ring (bicyclic) bond motifs is 1. The minimum atomic E-state index is -1.03. The van der Waals surface area contributed by atoms with Gasteiger partial charge in [-0.3, -0.25) is 34.2 Å². The van der Waals surface area contributed by atoms with Crippen molar-refractivity contribution >= 4 is 35.2 Å². The average Bonchev–Trinajstić information content (AvgIpc) is 3.20. The van der Waals surface area contributed by atoms with Crippen molar-refractivity contribution in [3.05, 3.63) is 58.9 Å². The lowest BCUT2D eigenvalue weighted by Gasteiger charge is -2.27. The van der Waals surface area contributed by atoms with Crippen molar-refractivity contribution in [3.63, 3.8) is 0 Å². The molecular weight excluding hydrogens is 527 g/mol. The van der Waals surface area contributed by atoms with Gasteiger partial charge in [0.05, 0.1) is 50.2 Å². The summed E-state index contributed by atoms with van der Waals surface area (Å²) in [4.78, 5) is 62.7. The molecule has 0 saturated carbocycles. The molecule has 3 N–H and O–H groups in total. The third kappa shape index (κ3) is 6.43. The van der Waals surface area contributed by atoms with Crippen LogP contribution in [0.25, 0.3) is 0 Å². The Morgan fingerprint density at radius 2 is 1.77 bits per heavy atom. The van der Waals surface area contributed by atoms with Gasteiger partial charge in [-0.1, -0.05) is 6.07 Å². The van der Waals surface area contributed by atoms with Gasteiger partial charge in [-0.05, 0) is 36.8 Å². The number of carbonyl (C=O) groups is 5. The van der Waals surface area contributed by atoms with Crippen LogP contribution < -0.4 is 20.7 Å². The Bertz CT molecular complexity index is 1320. The van der Waals surface area contributed by atoms with Crippen molar-refractivity contribution in [1.29, 1.82) is 0 Å². The van der Waals surface area contributed by atoms with E-state index < -0.39 is 41.4 Å². The van der Waals surface area contributed by atoms with Crippen molar-refractivity contribution in [2.45, 2.75) is 18.9 Å². The summed E-state index contributed by atoms with van der Waals surface area (Å²) in [6.45, 7) is 1.52. The number of hydrogen-bond donors (Lipinski definition) is 3. The Kier molecular flexibility index (Phi) is 9.40. The monoisotopic (exact) mass is 556 g/mol. The third-order valence-electron chi connectivity index (χ3n) is 6.35. The molecule has 212 valence electrons. The molecule has 0 spiro atoms. The smallest absolute Gasteiger partial charge is 0.264 e. The van der Waals surface area contributed by atoms with Crippen LogP contribution in [0.1, 0.15) is 43.9 Å². The van der Waals surface area contributed by atoms with Crippen LogP contribution >= 0.6 is 0 Å². The summed E-state index contributed by atoms with van der Waals surface area (Å²) in [7, 11) is 1.43. The van der Waals surface area contributed by atoms with Gasteiger partial charge in [0.25, 0.3) is 17.7 Å². The van der Waals surface area contributed by atoms with Gasteiger partial charge in [-0.25, -0.2) is 4.39 Å². The number of benzene rings is 2. The van der Waals surface area contributed by atoms with E-state index in [1.165, 1.54) is 25.3 Å². The summed E-state index contributed by atoms with van der Waals surface area (Å²) in [6.07, 6.45) is 0.135. The molecule has 1 saturated heterocycles. The van der Waals surface area contributed by atoms with Crippen LogP contribution in [0.4, 0.5) is 10.1 Å². The number of imide groups is 2.